The highest BCUT2D eigenvalue weighted by Gasteiger charge is 2.12. The third kappa shape index (κ3) is 2.18. The van der Waals surface area contributed by atoms with E-state index in [4.69, 9.17) is 0 Å². The molecule has 102 valence electrons. The average molecular weight is 272 g/mol. The molecule has 0 aliphatic heterocycles. The van der Waals surface area contributed by atoms with Crippen LogP contribution in [0.4, 0.5) is 8.78 Å². The number of imidazole rings is 1. The van der Waals surface area contributed by atoms with Gasteiger partial charge in [0.15, 0.2) is 11.6 Å². The fourth-order valence-electron chi connectivity index (χ4n) is 2.26. The first kappa shape index (κ1) is 12.8. The summed E-state index contributed by atoms with van der Waals surface area (Å²) in [6.45, 7) is 4.10. The van der Waals surface area contributed by atoms with Crippen molar-refractivity contribution in [3.05, 3.63) is 64.5 Å². The maximum atomic E-state index is 13.6. The van der Waals surface area contributed by atoms with Gasteiger partial charge in [-0.15, -0.1) is 0 Å². The molecule has 0 bridgehead atoms. The zero-order chi connectivity index (χ0) is 14.3. The van der Waals surface area contributed by atoms with Crippen LogP contribution in [0.15, 0.2) is 30.3 Å². The SMILES string of the molecule is Cc1ccc(Cc2nc3c(F)c(F)ccc3[nH]2)cc1C. The number of nitrogens with one attached hydrogen (secondary N) is 1. The summed E-state index contributed by atoms with van der Waals surface area (Å²) >= 11 is 0. The minimum Gasteiger partial charge on any atom is -0.342 e. The Kier molecular flexibility index (Phi) is 3.01. The Balaban J connectivity index is 1.98. The number of H-pyrrole nitrogens is 1. The van der Waals surface area contributed by atoms with E-state index in [0.29, 0.717) is 17.8 Å². The van der Waals surface area contributed by atoms with Gasteiger partial charge in [-0.3, -0.25) is 0 Å². The van der Waals surface area contributed by atoms with Crippen LogP contribution in [0.25, 0.3) is 11.0 Å². The molecule has 2 nitrogen and oxygen atoms in total. The van der Waals surface area contributed by atoms with Crippen LogP contribution in [0.5, 0.6) is 0 Å². The molecule has 0 aliphatic rings. The number of hydrogen-bond acceptors (Lipinski definition) is 1. The quantitative estimate of drug-likeness (QED) is 0.749. The molecule has 0 spiro atoms. The zero-order valence-corrected chi connectivity index (χ0v) is 11.3. The molecule has 20 heavy (non-hydrogen) atoms. The highest BCUT2D eigenvalue weighted by molar-refractivity contribution is 5.75. The summed E-state index contributed by atoms with van der Waals surface area (Å²) in [7, 11) is 0. The van der Waals surface area contributed by atoms with E-state index in [9.17, 15) is 8.78 Å². The summed E-state index contributed by atoms with van der Waals surface area (Å²) in [6, 6.07) is 8.76. The Hall–Kier alpha value is -2.23. The van der Waals surface area contributed by atoms with Crippen molar-refractivity contribution in [2.24, 2.45) is 0 Å². The minimum absolute atomic E-state index is 0.0591. The second kappa shape index (κ2) is 4.71. The van der Waals surface area contributed by atoms with Gasteiger partial charge < -0.3 is 4.98 Å². The first-order valence-corrected chi connectivity index (χ1v) is 6.43. The second-order valence-electron chi connectivity index (χ2n) is 5.04. The highest BCUT2D eigenvalue weighted by atomic mass is 19.2. The van der Waals surface area contributed by atoms with Gasteiger partial charge in [0, 0.05) is 6.42 Å². The molecule has 0 saturated heterocycles. The van der Waals surface area contributed by atoms with Crippen LogP contribution in [-0.4, -0.2) is 9.97 Å². The largest absolute Gasteiger partial charge is 0.342 e. The second-order valence-corrected chi connectivity index (χ2v) is 5.04. The van der Waals surface area contributed by atoms with Crippen LogP contribution in [0.1, 0.15) is 22.5 Å². The van der Waals surface area contributed by atoms with Crippen LogP contribution in [-0.2, 0) is 6.42 Å². The normalized spacial score (nSPS) is 11.2. The molecule has 4 heteroatoms. The van der Waals surface area contributed by atoms with Gasteiger partial charge in [0.2, 0.25) is 0 Å². The first-order valence-electron chi connectivity index (χ1n) is 6.43. The smallest absolute Gasteiger partial charge is 0.186 e. The molecule has 0 unspecified atom stereocenters. The number of aryl methyl sites for hydroxylation is 2. The number of rotatable bonds is 2. The van der Waals surface area contributed by atoms with E-state index in [1.807, 2.05) is 19.1 Å². The van der Waals surface area contributed by atoms with Gasteiger partial charge in [-0.25, -0.2) is 13.8 Å². The highest BCUT2D eigenvalue weighted by Crippen LogP contribution is 2.20. The molecule has 3 rings (SSSR count). The zero-order valence-electron chi connectivity index (χ0n) is 11.3. The lowest BCUT2D eigenvalue weighted by Crippen LogP contribution is -1.92. The summed E-state index contributed by atoms with van der Waals surface area (Å²) in [5.41, 5.74) is 4.10. The number of aromatic nitrogens is 2. The van der Waals surface area contributed by atoms with E-state index in [1.54, 1.807) is 0 Å². The fourth-order valence-corrected chi connectivity index (χ4v) is 2.26. The van der Waals surface area contributed by atoms with Crippen molar-refractivity contribution >= 4 is 11.0 Å². The van der Waals surface area contributed by atoms with Crippen LogP contribution in [0, 0.1) is 25.5 Å². The molecule has 0 amide bonds. The molecule has 1 N–H and O–H groups in total. The molecule has 2 aromatic carbocycles. The van der Waals surface area contributed by atoms with Gasteiger partial charge in [0.05, 0.1) is 5.52 Å². The predicted octanol–water partition coefficient (Wildman–Crippen LogP) is 4.05. The summed E-state index contributed by atoms with van der Waals surface area (Å²) in [5, 5.41) is 0. The summed E-state index contributed by atoms with van der Waals surface area (Å²) in [5.74, 6) is -1.14. The molecule has 0 fully saturated rings. The monoisotopic (exact) mass is 272 g/mol. The lowest BCUT2D eigenvalue weighted by atomic mass is 10.0. The van der Waals surface area contributed by atoms with Crippen LogP contribution >= 0.6 is 0 Å². The van der Waals surface area contributed by atoms with Crippen molar-refractivity contribution in [2.45, 2.75) is 20.3 Å². The lowest BCUT2D eigenvalue weighted by Gasteiger charge is -2.03. The summed E-state index contributed by atoms with van der Waals surface area (Å²) in [6.07, 6.45) is 0.566. The Morgan fingerprint density at radius 1 is 1.05 bits per heavy atom. The molecule has 0 atom stereocenters. The number of aromatic amines is 1. The molecule has 0 radical (unpaired) electrons. The van der Waals surface area contributed by atoms with E-state index in [0.717, 1.165) is 11.6 Å². The molecule has 1 heterocycles. The van der Waals surface area contributed by atoms with Crippen LogP contribution in [0.2, 0.25) is 0 Å². The average Bonchev–Trinajstić information content (AvgIpc) is 2.82. The van der Waals surface area contributed by atoms with E-state index >= 15 is 0 Å². The van der Waals surface area contributed by atoms with E-state index in [1.165, 1.54) is 17.2 Å². The van der Waals surface area contributed by atoms with E-state index in [-0.39, 0.29) is 5.52 Å². The number of nitrogens with zero attached hydrogens (tertiary/aromatic N) is 1. The van der Waals surface area contributed by atoms with Crippen molar-refractivity contribution in [2.75, 3.05) is 0 Å². The minimum atomic E-state index is -0.898. The van der Waals surface area contributed by atoms with Gasteiger partial charge in [-0.1, -0.05) is 18.2 Å². The van der Waals surface area contributed by atoms with E-state index in [2.05, 4.69) is 23.0 Å². The van der Waals surface area contributed by atoms with E-state index < -0.39 is 11.6 Å². The van der Waals surface area contributed by atoms with Crippen molar-refractivity contribution in [3.63, 3.8) is 0 Å². The van der Waals surface area contributed by atoms with Crippen molar-refractivity contribution < 1.29 is 8.78 Å². The Bertz CT molecular complexity index is 791. The standard InChI is InChI=1S/C16H14F2N2/c1-9-3-4-11(7-10(9)2)8-14-19-13-6-5-12(17)15(18)16(13)20-14/h3-7H,8H2,1-2H3,(H,19,20). The molecular formula is C16H14F2N2. The Morgan fingerprint density at radius 3 is 2.60 bits per heavy atom. The molecule has 3 aromatic rings. The molecule has 0 aliphatic carbocycles. The fraction of sp³-hybridized carbons (Fsp3) is 0.188. The van der Waals surface area contributed by atoms with Gasteiger partial charge in [-0.2, -0.15) is 0 Å². The number of fused-ring (bicyclic) bond motifs is 1. The molecule has 0 saturated carbocycles. The maximum absolute atomic E-state index is 13.6. The van der Waals surface area contributed by atoms with Crippen molar-refractivity contribution in [1.82, 2.24) is 9.97 Å². The van der Waals surface area contributed by atoms with Gasteiger partial charge in [0.1, 0.15) is 11.3 Å². The van der Waals surface area contributed by atoms with Crippen molar-refractivity contribution in [3.8, 4) is 0 Å². The van der Waals surface area contributed by atoms with Gasteiger partial charge in [0.25, 0.3) is 0 Å². The van der Waals surface area contributed by atoms with Crippen LogP contribution in [0.3, 0.4) is 0 Å². The third-order valence-corrected chi connectivity index (χ3v) is 3.54. The molecule has 1 aromatic heterocycles. The van der Waals surface area contributed by atoms with Crippen LogP contribution < -0.4 is 0 Å². The predicted molar refractivity (Wildman–Crippen MR) is 74.7 cm³/mol. The lowest BCUT2D eigenvalue weighted by molar-refractivity contribution is 0.515. The number of halogens is 2. The summed E-state index contributed by atoms with van der Waals surface area (Å²) in [4.78, 5) is 7.18. The van der Waals surface area contributed by atoms with Crippen molar-refractivity contribution in [1.29, 1.82) is 0 Å². The number of benzene rings is 2. The Labute approximate surface area is 115 Å². The topological polar surface area (TPSA) is 28.7 Å². The number of hydrogen-bond donors (Lipinski definition) is 1. The Morgan fingerprint density at radius 2 is 1.85 bits per heavy atom. The molecular weight excluding hydrogens is 258 g/mol. The first-order chi connectivity index (χ1) is 9.54. The summed E-state index contributed by atoms with van der Waals surface area (Å²) < 4.78 is 26.8. The third-order valence-electron chi connectivity index (χ3n) is 3.54. The maximum Gasteiger partial charge on any atom is 0.186 e. The van der Waals surface area contributed by atoms with Gasteiger partial charge >= 0.3 is 0 Å². The van der Waals surface area contributed by atoms with Gasteiger partial charge in [-0.05, 0) is 42.7 Å².